The Kier molecular flexibility index (Phi) is 3.42. The molecule has 1 unspecified atom stereocenters. The van der Waals surface area contributed by atoms with Gasteiger partial charge in [0.15, 0.2) is 10.6 Å². The van der Waals surface area contributed by atoms with E-state index in [9.17, 15) is 0 Å². The predicted molar refractivity (Wildman–Crippen MR) is 80.4 cm³/mol. The van der Waals surface area contributed by atoms with E-state index in [1.165, 1.54) is 0 Å². The van der Waals surface area contributed by atoms with Crippen LogP contribution in [0.2, 0.25) is 0 Å². The van der Waals surface area contributed by atoms with Crippen molar-refractivity contribution in [3.05, 3.63) is 46.2 Å². The second kappa shape index (κ2) is 5.25. The molecule has 108 valence electrons. The van der Waals surface area contributed by atoms with Gasteiger partial charge in [0.1, 0.15) is 11.5 Å². The number of rotatable bonds is 3. The first kappa shape index (κ1) is 13.7. The van der Waals surface area contributed by atoms with E-state index in [0.717, 1.165) is 22.7 Å². The summed E-state index contributed by atoms with van der Waals surface area (Å²) in [6, 6.07) is 5.65. The molecule has 0 bridgehead atoms. The Hall–Kier alpha value is -2.28. The fourth-order valence-electron chi connectivity index (χ4n) is 2.56. The number of nitrogens with one attached hydrogen (secondary N) is 1. The van der Waals surface area contributed by atoms with E-state index in [2.05, 4.69) is 20.3 Å². The van der Waals surface area contributed by atoms with Gasteiger partial charge in [-0.1, -0.05) is 11.2 Å². The molecular formula is C14H15N5OS. The van der Waals surface area contributed by atoms with Crippen LogP contribution in [0.25, 0.3) is 11.5 Å². The molecule has 1 N–H and O–H groups in total. The standard InChI is InChI=1S/C14H15N5OS/c1-8-12(10(3)20-18-8)9(2)19-13(16-17-14(19)21)11-6-4-5-7-15-11/h4-7,9H,1-3H3,(H,17,21). The highest BCUT2D eigenvalue weighted by Gasteiger charge is 2.22. The first-order valence-electron chi connectivity index (χ1n) is 6.60. The highest BCUT2D eigenvalue weighted by Crippen LogP contribution is 2.28. The molecule has 0 saturated heterocycles. The number of H-pyrrole nitrogens is 1. The Labute approximate surface area is 126 Å². The summed E-state index contributed by atoms with van der Waals surface area (Å²) in [5.41, 5.74) is 2.64. The molecular weight excluding hydrogens is 286 g/mol. The lowest BCUT2D eigenvalue weighted by Gasteiger charge is -2.15. The van der Waals surface area contributed by atoms with Crippen molar-refractivity contribution >= 4 is 12.2 Å². The van der Waals surface area contributed by atoms with Crippen LogP contribution in [-0.2, 0) is 0 Å². The third kappa shape index (κ3) is 2.29. The topological polar surface area (TPSA) is 72.5 Å². The minimum absolute atomic E-state index is 0.0421. The summed E-state index contributed by atoms with van der Waals surface area (Å²) in [7, 11) is 0. The van der Waals surface area contributed by atoms with Crippen LogP contribution in [0.15, 0.2) is 28.9 Å². The van der Waals surface area contributed by atoms with Crippen LogP contribution in [0.4, 0.5) is 0 Å². The molecule has 1 atom stereocenters. The normalized spacial score (nSPS) is 12.5. The monoisotopic (exact) mass is 301 g/mol. The van der Waals surface area contributed by atoms with Gasteiger partial charge < -0.3 is 4.52 Å². The average Bonchev–Trinajstić information content (AvgIpc) is 3.02. The van der Waals surface area contributed by atoms with Crippen molar-refractivity contribution in [1.29, 1.82) is 0 Å². The highest BCUT2D eigenvalue weighted by atomic mass is 32.1. The third-order valence-corrected chi connectivity index (χ3v) is 3.78. The molecule has 0 spiro atoms. The number of hydrogen-bond donors (Lipinski definition) is 1. The maximum absolute atomic E-state index is 5.38. The van der Waals surface area contributed by atoms with E-state index in [-0.39, 0.29) is 6.04 Å². The maximum Gasteiger partial charge on any atom is 0.196 e. The second-order valence-corrected chi connectivity index (χ2v) is 5.24. The Morgan fingerprint density at radius 1 is 1.33 bits per heavy atom. The Morgan fingerprint density at radius 3 is 2.76 bits per heavy atom. The smallest absolute Gasteiger partial charge is 0.196 e. The van der Waals surface area contributed by atoms with Gasteiger partial charge in [0.25, 0.3) is 0 Å². The molecule has 0 fully saturated rings. The molecule has 0 amide bonds. The minimum Gasteiger partial charge on any atom is -0.361 e. The first-order chi connectivity index (χ1) is 10.1. The van der Waals surface area contributed by atoms with E-state index >= 15 is 0 Å². The molecule has 6 nitrogen and oxygen atoms in total. The second-order valence-electron chi connectivity index (χ2n) is 4.85. The van der Waals surface area contributed by atoms with Gasteiger partial charge in [-0.25, -0.2) is 0 Å². The van der Waals surface area contributed by atoms with Crippen LogP contribution >= 0.6 is 12.2 Å². The SMILES string of the molecule is Cc1noc(C)c1C(C)n1c(-c2ccccn2)n[nH]c1=S. The zero-order chi connectivity index (χ0) is 15.0. The van der Waals surface area contributed by atoms with E-state index in [1.54, 1.807) is 6.20 Å². The minimum atomic E-state index is -0.0421. The largest absolute Gasteiger partial charge is 0.361 e. The molecule has 3 aromatic heterocycles. The van der Waals surface area contributed by atoms with Gasteiger partial charge in [-0.05, 0) is 45.1 Å². The van der Waals surface area contributed by atoms with E-state index in [1.807, 2.05) is 43.5 Å². The zero-order valence-corrected chi connectivity index (χ0v) is 12.8. The summed E-state index contributed by atoms with van der Waals surface area (Å²) >= 11 is 5.38. The van der Waals surface area contributed by atoms with Crippen molar-refractivity contribution in [2.45, 2.75) is 26.8 Å². The van der Waals surface area contributed by atoms with Gasteiger partial charge in [0, 0.05) is 11.8 Å². The van der Waals surface area contributed by atoms with E-state index < -0.39 is 0 Å². The fraction of sp³-hybridized carbons (Fsp3) is 0.286. The van der Waals surface area contributed by atoms with Crippen molar-refractivity contribution in [3.63, 3.8) is 0 Å². The average molecular weight is 301 g/mol. The quantitative estimate of drug-likeness (QED) is 0.752. The lowest BCUT2D eigenvalue weighted by atomic mass is 10.1. The zero-order valence-electron chi connectivity index (χ0n) is 12.0. The van der Waals surface area contributed by atoms with Gasteiger partial charge in [-0.15, -0.1) is 0 Å². The lowest BCUT2D eigenvalue weighted by Crippen LogP contribution is -2.11. The summed E-state index contributed by atoms with van der Waals surface area (Å²) in [5.74, 6) is 1.49. The van der Waals surface area contributed by atoms with Crippen LogP contribution in [0.3, 0.4) is 0 Å². The predicted octanol–water partition coefficient (Wildman–Crippen LogP) is 3.22. The van der Waals surface area contributed by atoms with E-state index in [0.29, 0.717) is 10.6 Å². The fourth-order valence-corrected chi connectivity index (χ4v) is 2.85. The highest BCUT2D eigenvalue weighted by molar-refractivity contribution is 7.71. The molecule has 0 aliphatic heterocycles. The van der Waals surface area contributed by atoms with Gasteiger partial charge in [0.05, 0.1) is 11.7 Å². The summed E-state index contributed by atoms with van der Waals surface area (Å²) in [4.78, 5) is 4.34. The van der Waals surface area contributed by atoms with Crippen LogP contribution < -0.4 is 0 Å². The van der Waals surface area contributed by atoms with Gasteiger partial charge in [-0.3, -0.25) is 14.6 Å². The number of aryl methyl sites for hydroxylation is 2. The molecule has 0 aliphatic rings. The van der Waals surface area contributed by atoms with Crippen LogP contribution in [0.5, 0.6) is 0 Å². The molecule has 21 heavy (non-hydrogen) atoms. The van der Waals surface area contributed by atoms with Crippen LogP contribution in [-0.4, -0.2) is 24.9 Å². The number of aromatic nitrogens is 5. The lowest BCUT2D eigenvalue weighted by molar-refractivity contribution is 0.391. The van der Waals surface area contributed by atoms with Crippen LogP contribution in [0.1, 0.15) is 30.0 Å². The van der Waals surface area contributed by atoms with Crippen molar-refractivity contribution in [1.82, 2.24) is 24.9 Å². The molecule has 7 heteroatoms. The van der Waals surface area contributed by atoms with Crippen molar-refractivity contribution in [3.8, 4) is 11.5 Å². The molecule has 0 radical (unpaired) electrons. The molecule has 0 aliphatic carbocycles. The van der Waals surface area contributed by atoms with Crippen LogP contribution in [0, 0.1) is 18.6 Å². The summed E-state index contributed by atoms with van der Waals surface area (Å²) in [6.07, 6.45) is 1.73. The molecule has 3 rings (SSSR count). The molecule has 0 aromatic carbocycles. The first-order valence-corrected chi connectivity index (χ1v) is 7.01. The molecule has 0 saturated carbocycles. The molecule has 3 aromatic rings. The Balaban J connectivity index is 2.16. The van der Waals surface area contributed by atoms with Crippen molar-refractivity contribution in [2.24, 2.45) is 0 Å². The Bertz CT molecular complexity index is 798. The Morgan fingerprint density at radius 2 is 2.14 bits per heavy atom. The summed E-state index contributed by atoms with van der Waals surface area (Å²) < 4.78 is 7.74. The van der Waals surface area contributed by atoms with Crippen molar-refractivity contribution < 1.29 is 4.52 Å². The number of hydrogen-bond acceptors (Lipinski definition) is 5. The van der Waals surface area contributed by atoms with Gasteiger partial charge in [0.2, 0.25) is 0 Å². The van der Waals surface area contributed by atoms with E-state index in [4.69, 9.17) is 16.7 Å². The van der Waals surface area contributed by atoms with Crippen molar-refractivity contribution in [2.75, 3.05) is 0 Å². The number of nitrogens with zero attached hydrogens (tertiary/aromatic N) is 4. The maximum atomic E-state index is 5.38. The summed E-state index contributed by atoms with van der Waals surface area (Å²) in [6.45, 7) is 5.87. The third-order valence-electron chi connectivity index (χ3n) is 3.49. The van der Waals surface area contributed by atoms with Gasteiger partial charge in [-0.2, -0.15) is 5.10 Å². The summed E-state index contributed by atoms with van der Waals surface area (Å²) in [5, 5.41) is 11.2. The van der Waals surface area contributed by atoms with Gasteiger partial charge >= 0.3 is 0 Å². The number of aromatic amines is 1. The molecule has 3 heterocycles. The number of pyridine rings is 1.